The minimum absolute atomic E-state index is 0.355. The average molecular weight is 279 g/mol. The first-order valence-corrected chi connectivity index (χ1v) is 5.98. The van der Waals surface area contributed by atoms with Crippen molar-refractivity contribution in [3.05, 3.63) is 58.4 Å². The zero-order chi connectivity index (χ0) is 14.0. The molecule has 2 rings (SSSR count). The van der Waals surface area contributed by atoms with Crippen molar-refractivity contribution >= 4 is 28.9 Å². The summed E-state index contributed by atoms with van der Waals surface area (Å²) in [4.78, 5) is 12.1. The third-order valence-electron chi connectivity index (χ3n) is 2.72. The number of halogens is 2. The third-order valence-corrected chi connectivity index (χ3v) is 3.03. The number of carbonyl (C=O) groups is 1. The molecule has 0 aliphatic carbocycles. The first-order valence-electron chi connectivity index (χ1n) is 5.60. The van der Waals surface area contributed by atoms with Crippen molar-refractivity contribution in [3.63, 3.8) is 0 Å². The Kier molecular flexibility index (Phi) is 3.71. The standard InChI is InChI=1S/C14H12ClFN2O/c1-8-7-9(16)5-6-10(8)14(19)18-13-11(15)3-2-4-12(13)17/h2-7H,17H2,1H3,(H,18,19). The second-order valence-electron chi connectivity index (χ2n) is 4.12. The van der Waals surface area contributed by atoms with Gasteiger partial charge in [-0.2, -0.15) is 0 Å². The highest BCUT2D eigenvalue weighted by atomic mass is 35.5. The monoisotopic (exact) mass is 278 g/mol. The summed E-state index contributed by atoms with van der Waals surface area (Å²) in [5.41, 5.74) is 7.41. The van der Waals surface area contributed by atoms with Gasteiger partial charge in [0.15, 0.2) is 0 Å². The Hall–Kier alpha value is -2.07. The lowest BCUT2D eigenvalue weighted by atomic mass is 10.1. The van der Waals surface area contributed by atoms with Gasteiger partial charge in [-0.05, 0) is 42.8 Å². The van der Waals surface area contributed by atoms with Crippen molar-refractivity contribution in [2.45, 2.75) is 6.92 Å². The summed E-state index contributed by atoms with van der Waals surface area (Å²) in [6.07, 6.45) is 0. The van der Waals surface area contributed by atoms with Crippen LogP contribution in [0.2, 0.25) is 5.02 Å². The molecule has 1 amide bonds. The highest BCUT2D eigenvalue weighted by Crippen LogP contribution is 2.28. The summed E-state index contributed by atoms with van der Waals surface area (Å²) < 4.78 is 13.0. The van der Waals surface area contributed by atoms with Gasteiger partial charge in [-0.1, -0.05) is 17.7 Å². The number of hydrogen-bond donors (Lipinski definition) is 2. The molecule has 0 aliphatic heterocycles. The smallest absolute Gasteiger partial charge is 0.256 e. The van der Waals surface area contributed by atoms with Gasteiger partial charge >= 0.3 is 0 Å². The number of aryl methyl sites for hydroxylation is 1. The van der Waals surface area contributed by atoms with Crippen LogP contribution in [0.5, 0.6) is 0 Å². The number of nitrogens with two attached hydrogens (primary N) is 1. The average Bonchev–Trinajstić information content (AvgIpc) is 2.33. The SMILES string of the molecule is Cc1cc(F)ccc1C(=O)Nc1c(N)cccc1Cl. The molecule has 0 aromatic heterocycles. The summed E-state index contributed by atoms with van der Waals surface area (Å²) in [5.74, 6) is -0.761. The maximum atomic E-state index is 13.0. The van der Waals surface area contributed by atoms with Crippen LogP contribution >= 0.6 is 11.6 Å². The van der Waals surface area contributed by atoms with E-state index in [4.69, 9.17) is 17.3 Å². The number of hydrogen-bond acceptors (Lipinski definition) is 2. The zero-order valence-corrected chi connectivity index (χ0v) is 11.0. The molecule has 98 valence electrons. The molecule has 0 saturated carbocycles. The number of nitrogens with one attached hydrogen (secondary N) is 1. The quantitative estimate of drug-likeness (QED) is 0.824. The van der Waals surface area contributed by atoms with Gasteiger partial charge in [0.25, 0.3) is 5.91 Å². The molecule has 0 atom stereocenters. The number of amides is 1. The molecule has 2 aromatic rings. The largest absolute Gasteiger partial charge is 0.397 e. The maximum Gasteiger partial charge on any atom is 0.256 e. The van der Waals surface area contributed by atoms with E-state index < -0.39 is 0 Å². The fourth-order valence-corrected chi connectivity index (χ4v) is 1.96. The highest BCUT2D eigenvalue weighted by Gasteiger charge is 2.13. The second-order valence-corrected chi connectivity index (χ2v) is 4.52. The van der Waals surface area contributed by atoms with Gasteiger partial charge in [0.2, 0.25) is 0 Å². The summed E-state index contributed by atoms with van der Waals surface area (Å²) in [5, 5.41) is 2.99. The normalized spacial score (nSPS) is 10.3. The Bertz CT molecular complexity index is 623. The van der Waals surface area contributed by atoms with E-state index in [0.29, 0.717) is 27.5 Å². The van der Waals surface area contributed by atoms with E-state index in [2.05, 4.69) is 5.32 Å². The lowest BCUT2D eigenvalue weighted by molar-refractivity contribution is 0.102. The Morgan fingerprint density at radius 1 is 1.32 bits per heavy atom. The highest BCUT2D eigenvalue weighted by molar-refractivity contribution is 6.34. The third kappa shape index (κ3) is 2.85. The molecule has 0 spiro atoms. The molecule has 0 bridgehead atoms. The van der Waals surface area contributed by atoms with Crippen molar-refractivity contribution in [1.82, 2.24) is 0 Å². The molecule has 0 heterocycles. The van der Waals surface area contributed by atoms with E-state index in [1.165, 1.54) is 18.2 Å². The molecule has 3 N–H and O–H groups in total. The van der Waals surface area contributed by atoms with E-state index in [-0.39, 0.29) is 11.7 Å². The predicted octanol–water partition coefficient (Wildman–Crippen LogP) is 3.62. The molecular weight excluding hydrogens is 267 g/mol. The predicted molar refractivity (Wildman–Crippen MR) is 75.0 cm³/mol. The number of rotatable bonds is 2. The van der Waals surface area contributed by atoms with Gasteiger partial charge in [-0.25, -0.2) is 4.39 Å². The zero-order valence-electron chi connectivity index (χ0n) is 10.2. The van der Waals surface area contributed by atoms with Gasteiger partial charge in [0.1, 0.15) is 5.82 Å². The molecule has 0 saturated heterocycles. The minimum atomic E-state index is -0.383. The number of carbonyl (C=O) groups excluding carboxylic acids is 1. The molecule has 0 aliphatic rings. The first kappa shape index (κ1) is 13.4. The van der Waals surface area contributed by atoms with Crippen molar-refractivity contribution in [3.8, 4) is 0 Å². The summed E-state index contributed by atoms with van der Waals surface area (Å²) in [6.45, 7) is 1.66. The van der Waals surface area contributed by atoms with Crippen molar-refractivity contribution in [2.75, 3.05) is 11.1 Å². The molecule has 19 heavy (non-hydrogen) atoms. The Morgan fingerprint density at radius 3 is 2.68 bits per heavy atom. The van der Waals surface area contributed by atoms with E-state index in [9.17, 15) is 9.18 Å². The molecular formula is C14H12ClFN2O. The van der Waals surface area contributed by atoms with Crippen LogP contribution < -0.4 is 11.1 Å². The minimum Gasteiger partial charge on any atom is -0.397 e. The fraction of sp³-hybridized carbons (Fsp3) is 0.0714. The Labute approximate surface area is 115 Å². The van der Waals surface area contributed by atoms with Gasteiger partial charge in [0, 0.05) is 5.56 Å². The van der Waals surface area contributed by atoms with E-state index >= 15 is 0 Å². The molecule has 0 fully saturated rings. The van der Waals surface area contributed by atoms with Crippen LogP contribution in [0, 0.1) is 12.7 Å². The topological polar surface area (TPSA) is 55.1 Å². The number of anilines is 2. The van der Waals surface area contributed by atoms with Gasteiger partial charge in [-0.3, -0.25) is 4.79 Å². The summed E-state index contributed by atoms with van der Waals surface area (Å²) >= 11 is 5.97. The lowest BCUT2D eigenvalue weighted by Crippen LogP contribution is -2.15. The van der Waals surface area contributed by atoms with Crippen LogP contribution in [-0.2, 0) is 0 Å². The van der Waals surface area contributed by atoms with Crippen LogP contribution in [0.3, 0.4) is 0 Å². The van der Waals surface area contributed by atoms with Gasteiger partial charge in [-0.15, -0.1) is 0 Å². The van der Waals surface area contributed by atoms with E-state index in [0.717, 1.165) is 0 Å². The van der Waals surface area contributed by atoms with Crippen molar-refractivity contribution < 1.29 is 9.18 Å². The molecule has 0 unspecified atom stereocenters. The molecule has 2 aromatic carbocycles. The van der Waals surface area contributed by atoms with Crippen LogP contribution in [0.25, 0.3) is 0 Å². The maximum absolute atomic E-state index is 13.0. The fourth-order valence-electron chi connectivity index (χ4n) is 1.74. The lowest BCUT2D eigenvalue weighted by Gasteiger charge is -2.11. The van der Waals surface area contributed by atoms with Crippen LogP contribution in [0.15, 0.2) is 36.4 Å². The Morgan fingerprint density at radius 2 is 2.05 bits per heavy atom. The van der Waals surface area contributed by atoms with Crippen LogP contribution in [-0.4, -0.2) is 5.91 Å². The number of para-hydroxylation sites is 1. The van der Waals surface area contributed by atoms with E-state index in [1.807, 2.05) is 0 Å². The first-order chi connectivity index (χ1) is 8.99. The Balaban J connectivity index is 2.31. The molecule has 0 radical (unpaired) electrons. The van der Waals surface area contributed by atoms with Crippen molar-refractivity contribution in [2.24, 2.45) is 0 Å². The summed E-state index contributed by atoms with van der Waals surface area (Å²) in [7, 11) is 0. The number of benzene rings is 2. The van der Waals surface area contributed by atoms with Gasteiger partial charge < -0.3 is 11.1 Å². The second kappa shape index (κ2) is 5.28. The summed E-state index contributed by atoms with van der Waals surface area (Å²) in [6, 6.07) is 8.91. The molecule has 3 nitrogen and oxygen atoms in total. The van der Waals surface area contributed by atoms with Crippen molar-refractivity contribution in [1.29, 1.82) is 0 Å². The van der Waals surface area contributed by atoms with E-state index in [1.54, 1.807) is 25.1 Å². The van der Waals surface area contributed by atoms with Crippen LogP contribution in [0.1, 0.15) is 15.9 Å². The number of nitrogen functional groups attached to an aromatic ring is 1. The van der Waals surface area contributed by atoms with Crippen LogP contribution in [0.4, 0.5) is 15.8 Å². The van der Waals surface area contributed by atoms with Gasteiger partial charge in [0.05, 0.1) is 16.4 Å². The molecule has 5 heteroatoms.